The van der Waals surface area contributed by atoms with Gasteiger partial charge in [0.2, 0.25) is 0 Å². The first-order valence-electron chi connectivity index (χ1n) is 5.43. The topological polar surface area (TPSA) is 37.3 Å². The summed E-state index contributed by atoms with van der Waals surface area (Å²) in [4.78, 5) is 11.4. The molecule has 2 nitrogen and oxygen atoms in total. The van der Waals surface area contributed by atoms with Gasteiger partial charge in [0.1, 0.15) is 0 Å². The standard InChI is InChI=1S/C13H16O2.ClH/c1-3-13(12(14)15)8-10-6-4-5-7-11(10)9(13)2;/h4-7,9H,3,8H2,1-2H3,(H,14,15);1H. The summed E-state index contributed by atoms with van der Waals surface area (Å²) in [6.45, 7) is 4.00. The van der Waals surface area contributed by atoms with Gasteiger partial charge in [-0.3, -0.25) is 4.79 Å². The van der Waals surface area contributed by atoms with Crippen LogP contribution in [0.1, 0.15) is 37.3 Å². The minimum absolute atomic E-state index is 0. The van der Waals surface area contributed by atoms with Crippen molar-refractivity contribution in [1.29, 1.82) is 0 Å². The second-order valence-corrected chi connectivity index (χ2v) is 4.41. The maximum absolute atomic E-state index is 11.4. The van der Waals surface area contributed by atoms with Crippen molar-refractivity contribution in [2.45, 2.75) is 32.6 Å². The maximum Gasteiger partial charge on any atom is 0.310 e. The van der Waals surface area contributed by atoms with Gasteiger partial charge in [-0.2, -0.15) is 0 Å². The Morgan fingerprint density at radius 3 is 2.62 bits per heavy atom. The Morgan fingerprint density at radius 1 is 1.50 bits per heavy atom. The molecule has 88 valence electrons. The number of halogens is 1. The number of benzene rings is 1. The third kappa shape index (κ3) is 1.61. The van der Waals surface area contributed by atoms with E-state index >= 15 is 0 Å². The zero-order chi connectivity index (χ0) is 11.1. The lowest BCUT2D eigenvalue weighted by molar-refractivity contribution is -0.149. The van der Waals surface area contributed by atoms with Crippen LogP contribution in [0.5, 0.6) is 0 Å². The molecule has 1 N–H and O–H groups in total. The van der Waals surface area contributed by atoms with Crippen molar-refractivity contribution in [3.8, 4) is 0 Å². The molecule has 0 fully saturated rings. The van der Waals surface area contributed by atoms with Gasteiger partial charge in [0, 0.05) is 0 Å². The average Bonchev–Trinajstić information content (AvgIpc) is 2.53. The molecule has 1 aromatic rings. The van der Waals surface area contributed by atoms with E-state index < -0.39 is 11.4 Å². The number of fused-ring (bicyclic) bond motifs is 1. The van der Waals surface area contributed by atoms with Crippen LogP contribution < -0.4 is 0 Å². The van der Waals surface area contributed by atoms with Crippen molar-refractivity contribution >= 4 is 18.4 Å². The van der Waals surface area contributed by atoms with Crippen LogP contribution in [0.4, 0.5) is 0 Å². The number of hydrogen-bond donors (Lipinski definition) is 1. The minimum Gasteiger partial charge on any atom is -0.481 e. The fraction of sp³-hybridized carbons (Fsp3) is 0.462. The summed E-state index contributed by atoms with van der Waals surface area (Å²) >= 11 is 0. The number of rotatable bonds is 2. The molecule has 2 atom stereocenters. The van der Waals surface area contributed by atoms with E-state index in [4.69, 9.17) is 0 Å². The smallest absolute Gasteiger partial charge is 0.310 e. The third-order valence-electron chi connectivity index (χ3n) is 3.91. The quantitative estimate of drug-likeness (QED) is 0.862. The van der Waals surface area contributed by atoms with Crippen LogP contribution in [0, 0.1) is 5.41 Å². The van der Waals surface area contributed by atoms with Crippen LogP contribution in [-0.2, 0) is 11.2 Å². The number of aliphatic carboxylic acids is 1. The van der Waals surface area contributed by atoms with E-state index in [2.05, 4.69) is 6.07 Å². The molecule has 1 aliphatic rings. The highest BCUT2D eigenvalue weighted by Crippen LogP contribution is 2.49. The van der Waals surface area contributed by atoms with Gasteiger partial charge in [-0.05, 0) is 29.9 Å². The van der Waals surface area contributed by atoms with E-state index in [0.717, 1.165) is 0 Å². The van der Waals surface area contributed by atoms with Gasteiger partial charge in [0.25, 0.3) is 0 Å². The molecule has 0 bridgehead atoms. The highest BCUT2D eigenvalue weighted by Gasteiger charge is 2.48. The highest BCUT2D eigenvalue weighted by molar-refractivity contribution is 5.85. The second-order valence-electron chi connectivity index (χ2n) is 4.41. The lowest BCUT2D eigenvalue weighted by Crippen LogP contribution is -2.33. The van der Waals surface area contributed by atoms with Gasteiger partial charge >= 0.3 is 5.97 Å². The van der Waals surface area contributed by atoms with Crippen molar-refractivity contribution in [2.75, 3.05) is 0 Å². The van der Waals surface area contributed by atoms with Gasteiger partial charge < -0.3 is 5.11 Å². The molecular formula is C13H17ClO2. The van der Waals surface area contributed by atoms with Crippen LogP contribution in [0.15, 0.2) is 24.3 Å². The van der Waals surface area contributed by atoms with Crippen LogP contribution in [0.2, 0.25) is 0 Å². The van der Waals surface area contributed by atoms with Gasteiger partial charge in [-0.15, -0.1) is 12.4 Å². The largest absolute Gasteiger partial charge is 0.481 e. The van der Waals surface area contributed by atoms with E-state index in [1.54, 1.807) is 0 Å². The van der Waals surface area contributed by atoms with Gasteiger partial charge in [0.05, 0.1) is 5.41 Å². The minimum atomic E-state index is -0.659. The summed E-state index contributed by atoms with van der Waals surface area (Å²) in [6.07, 6.45) is 1.37. The predicted octanol–water partition coefficient (Wildman–Crippen LogP) is 3.25. The summed E-state index contributed by atoms with van der Waals surface area (Å²) in [6, 6.07) is 8.08. The average molecular weight is 241 g/mol. The highest BCUT2D eigenvalue weighted by atomic mass is 35.5. The number of carboxylic acid groups (broad SMARTS) is 1. The van der Waals surface area contributed by atoms with Crippen LogP contribution >= 0.6 is 12.4 Å². The molecule has 1 aromatic carbocycles. The van der Waals surface area contributed by atoms with E-state index in [1.165, 1.54) is 11.1 Å². The molecule has 0 aromatic heterocycles. The van der Waals surface area contributed by atoms with Crippen molar-refractivity contribution in [3.05, 3.63) is 35.4 Å². The lowest BCUT2D eigenvalue weighted by atomic mass is 9.75. The van der Waals surface area contributed by atoms with Crippen molar-refractivity contribution < 1.29 is 9.90 Å². The Kier molecular flexibility index (Phi) is 3.64. The Balaban J connectivity index is 0.00000128. The van der Waals surface area contributed by atoms with Crippen molar-refractivity contribution in [3.63, 3.8) is 0 Å². The molecule has 16 heavy (non-hydrogen) atoms. The Bertz CT molecular complexity index is 403. The fourth-order valence-corrected chi connectivity index (χ4v) is 2.75. The predicted molar refractivity (Wildman–Crippen MR) is 66.2 cm³/mol. The van der Waals surface area contributed by atoms with Gasteiger partial charge in [0.15, 0.2) is 0 Å². The summed E-state index contributed by atoms with van der Waals surface area (Å²) in [5.74, 6) is -0.537. The zero-order valence-electron chi connectivity index (χ0n) is 9.56. The van der Waals surface area contributed by atoms with Crippen molar-refractivity contribution in [2.24, 2.45) is 5.41 Å². The fourth-order valence-electron chi connectivity index (χ4n) is 2.75. The normalized spacial score (nSPS) is 27.0. The molecule has 3 heteroatoms. The molecular weight excluding hydrogens is 224 g/mol. The number of hydrogen-bond acceptors (Lipinski definition) is 1. The summed E-state index contributed by atoms with van der Waals surface area (Å²) in [5.41, 5.74) is 1.83. The van der Waals surface area contributed by atoms with E-state index in [1.807, 2.05) is 32.0 Å². The Morgan fingerprint density at radius 2 is 2.12 bits per heavy atom. The molecule has 0 radical (unpaired) electrons. The molecule has 0 heterocycles. The van der Waals surface area contributed by atoms with Gasteiger partial charge in [-0.1, -0.05) is 38.1 Å². The molecule has 0 amide bonds. The first kappa shape index (κ1) is 13.0. The van der Waals surface area contributed by atoms with E-state index in [-0.39, 0.29) is 18.3 Å². The third-order valence-corrected chi connectivity index (χ3v) is 3.91. The summed E-state index contributed by atoms with van der Waals surface area (Å²) in [5, 5.41) is 9.41. The van der Waals surface area contributed by atoms with Gasteiger partial charge in [-0.25, -0.2) is 0 Å². The molecule has 0 saturated carbocycles. The summed E-state index contributed by atoms with van der Waals surface area (Å²) < 4.78 is 0. The molecule has 1 aliphatic carbocycles. The number of carbonyl (C=O) groups is 1. The van der Waals surface area contributed by atoms with Crippen molar-refractivity contribution in [1.82, 2.24) is 0 Å². The second kappa shape index (κ2) is 4.46. The molecule has 0 aliphatic heterocycles. The SMILES string of the molecule is CCC1(C(=O)O)Cc2ccccc2C1C.Cl. The first-order chi connectivity index (χ1) is 7.12. The number of carboxylic acids is 1. The molecule has 0 spiro atoms. The van der Waals surface area contributed by atoms with E-state index in [9.17, 15) is 9.90 Å². The van der Waals surface area contributed by atoms with Crippen LogP contribution in [0.3, 0.4) is 0 Å². The summed E-state index contributed by atoms with van der Waals surface area (Å²) in [7, 11) is 0. The zero-order valence-corrected chi connectivity index (χ0v) is 10.4. The monoisotopic (exact) mass is 240 g/mol. The molecule has 2 unspecified atom stereocenters. The van der Waals surface area contributed by atoms with Crippen LogP contribution in [-0.4, -0.2) is 11.1 Å². The molecule has 2 rings (SSSR count). The lowest BCUT2D eigenvalue weighted by Gasteiger charge is -2.27. The maximum atomic E-state index is 11.4. The van der Waals surface area contributed by atoms with E-state index in [0.29, 0.717) is 12.8 Å². The molecule has 0 saturated heterocycles. The first-order valence-corrected chi connectivity index (χ1v) is 5.43. The van der Waals surface area contributed by atoms with Crippen LogP contribution in [0.25, 0.3) is 0 Å². The Hall–Kier alpha value is -1.02. The Labute approximate surface area is 102 Å².